The molecule has 1 N–H and O–H groups in total. The van der Waals surface area contributed by atoms with E-state index < -0.39 is 0 Å². The molecular weight excluding hydrogens is 320 g/mol. The highest BCUT2D eigenvalue weighted by Crippen LogP contribution is 2.67. The Labute approximate surface area is 155 Å². The second-order valence-corrected chi connectivity index (χ2v) is 8.42. The van der Waals surface area contributed by atoms with Crippen molar-refractivity contribution in [3.05, 3.63) is 47.7 Å². The SMILES string of the molecule is CC(=O)NCC[C@H]1[C@@H](c2c(C)n(C)c3c2ccc2ccccc23)C1(C)C. The average molecular weight is 348 g/mol. The molecule has 3 aromatic rings. The van der Waals surface area contributed by atoms with E-state index in [0.29, 0.717) is 11.8 Å². The number of hydrogen-bond acceptors (Lipinski definition) is 1. The largest absolute Gasteiger partial charge is 0.356 e. The van der Waals surface area contributed by atoms with Gasteiger partial charge in [-0.2, -0.15) is 0 Å². The van der Waals surface area contributed by atoms with Gasteiger partial charge in [0.05, 0.1) is 5.52 Å². The number of carbonyl (C=O) groups excluding carboxylic acids is 1. The van der Waals surface area contributed by atoms with E-state index in [-0.39, 0.29) is 11.3 Å². The third-order valence-corrected chi connectivity index (χ3v) is 6.61. The first kappa shape index (κ1) is 17.1. The Balaban J connectivity index is 1.79. The van der Waals surface area contributed by atoms with Gasteiger partial charge in [0.1, 0.15) is 0 Å². The number of nitrogens with one attached hydrogen (secondary N) is 1. The summed E-state index contributed by atoms with van der Waals surface area (Å²) >= 11 is 0. The number of fused-ring (bicyclic) bond motifs is 3. The summed E-state index contributed by atoms with van der Waals surface area (Å²) in [4.78, 5) is 11.2. The molecule has 1 heterocycles. The molecule has 0 radical (unpaired) electrons. The minimum absolute atomic E-state index is 0.0628. The number of rotatable bonds is 4. The lowest BCUT2D eigenvalue weighted by Gasteiger charge is -2.04. The van der Waals surface area contributed by atoms with Gasteiger partial charge in [-0.3, -0.25) is 4.79 Å². The van der Waals surface area contributed by atoms with Gasteiger partial charge < -0.3 is 9.88 Å². The van der Waals surface area contributed by atoms with Crippen LogP contribution < -0.4 is 5.32 Å². The first-order valence-corrected chi connectivity index (χ1v) is 9.55. The Morgan fingerprint density at radius 1 is 1.15 bits per heavy atom. The van der Waals surface area contributed by atoms with Gasteiger partial charge in [-0.15, -0.1) is 0 Å². The number of nitrogens with zero attached hydrogens (tertiary/aromatic N) is 1. The van der Waals surface area contributed by atoms with Crippen molar-refractivity contribution >= 4 is 27.6 Å². The number of carbonyl (C=O) groups is 1. The van der Waals surface area contributed by atoms with E-state index in [1.54, 1.807) is 6.92 Å². The topological polar surface area (TPSA) is 34.0 Å². The fraction of sp³-hybridized carbons (Fsp3) is 0.435. The Morgan fingerprint density at radius 2 is 1.88 bits per heavy atom. The minimum Gasteiger partial charge on any atom is -0.356 e. The Bertz CT molecular complexity index is 1010. The summed E-state index contributed by atoms with van der Waals surface area (Å²) in [5.41, 5.74) is 4.50. The number of amides is 1. The lowest BCUT2D eigenvalue weighted by Crippen LogP contribution is -2.21. The lowest BCUT2D eigenvalue weighted by atomic mass is 9.98. The predicted octanol–water partition coefficient (Wildman–Crippen LogP) is 4.91. The maximum absolute atomic E-state index is 11.2. The highest BCUT2D eigenvalue weighted by Gasteiger charge is 2.58. The molecule has 2 atom stereocenters. The van der Waals surface area contributed by atoms with E-state index in [9.17, 15) is 4.79 Å². The third kappa shape index (κ3) is 2.45. The third-order valence-electron chi connectivity index (χ3n) is 6.61. The van der Waals surface area contributed by atoms with Gasteiger partial charge in [-0.1, -0.05) is 50.2 Å². The lowest BCUT2D eigenvalue weighted by molar-refractivity contribution is -0.118. The number of aryl methyl sites for hydroxylation is 1. The summed E-state index contributed by atoms with van der Waals surface area (Å²) in [6.45, 7) is 9.36. The number of benzene rings is 2. The van der Waals surface area contributed by atoms with Crippen LogP contribution in [0.25, 0.3) is 21.7 Å². The van der Waals surface area contributed by atoms with Gasteiger partial charge in [0.25, 0.3) is 0 Å². The van der Waals surface area contributed by atoms with Crippen molar-refractivity contribution in [1.82, 2.24) is 9.88 Å². The zero-order chi connectivity index (χ0) is 18.6. The molecule has 4 rings (SSSR count). The zero-order valence-electron chi connectivity index (χ0n) is 16.4. The second kappa shape index (κ2) is 5.87. The molecule has 1 saturated carbocycles. The molecule has 0 spiro atoms. The molecule has 136 valence electrons. The van der Waals surface area contributed by atoms with E-state index in [4.69, 9.17) is 0 Å². The van der Waals surface area contributed by atoms with Crippen molar-refractivity contribution in [2.24, 2.45) is 18.4 Å². The zero-order valence-corrected chi connectivity index (χ0v) is 16.4. The standard InChI is InChI=1S/C23H28N2O/c1-14-20(21-19(23(21,3)4)12-13-24-15(2)26)18-11-10-16-8-6-7-9-17(16)22(18)25(14)5/h6-11,19,21H,12-13H2,1-5H3,(H,24,26)/t19-,21-/m0/s1. The van der Waals surface area contributed by atoms with Gasteiger partial charge in [0, 0.05) is 37.0 Å². The van der Waals surface area contributed by atoms with Gasteiger partial charge in [0.2, 0.25) is 5.91 Å². The quantitative estimate of drug-likeness (QED) is 0.714. The number of aromatic nitrogens is 1. The van der Waals surface area contributed by atoms with Gasteiger partial charge in [-0.05, 0) is 41.5 Å². The summed E-state index contributed by atoms with van der Waals surface area (Å²) in [5.74, 6) is 1.24. The highest BCUT2D eigenvalue weighted by atomic mass is 16.1. The summed E-state index contributed by atoms with van der Waals surface area (Å²) in [6.07, 6.45) is 1.04. The van der Waals surface area contributed by atoms with Crippen LogP contribution in [0, 0.1) is 18.3 Å². The van der Waals surface area contributed by atoms with Crippen molar-refractivity contribution in [3.8, 4) is 0 Å². The molecule has 3 nitrogen and oxygen atoms in total. The molecular formula is C23H28N2O. The van der Waals surface area contributed by atoms with Gasteiger partial charge in [0.15, 0.2) is 0 Å². The van der Waals surface area contributed by atoms with Crippen LogP contribution in [0.1, 0.15) is 44.4 Å². The Hall–Kier alpha value is -2.29. The van der Waals surface area contributed by atoms with Crippen molar-refractivity contribution < 1.29 is 4.79 Å². The average Bonchev–Trinajstić information content (AvgIpc) is 3.03. The van der Waals surface area contributed by atoms with Crippen LogP contribution in [-0.2, 0) is 11.8 Å². The molecule has 0 bridgehead atoms. The molecule has 1 aliphatic carbocycles. The van der Waals surface area contributed by atoms with Crippen LogP contribution in [0.4, 0.5) is 0 Å². The van der Waals surface area contributed by atoms with Crippen molar-refractivity contribution in [2.75, 3.05) is 6.54 Å². The molecule has 3 heteroatoms. The minimum atomic E-state index is 0.0628. The highest BCUT2D eigenvalue weighted by molar-refractivity contribution is 6.07. The summed E-state index contributed by atoms with van der Waals surface area (Å²) in [5, 5.41) is 6.98. The van der Waals surface area contributed by atoms with Gasteiger partial charge >= 0.3 is 0 Å². The Morgan fingerprint density at radius 3 is 2.62 bits per heavy atom. The fourth-order valence-electron chi connectivity index (χ4n) is 5.03. The summed E-state index contributed by atoms with van der Waals surface area (Å²) in [7, 11) is 2.19. The Kier molecular flexibility index (Phi) is 3.87. The maximum Gasteiger partial charge on any atom is 0.216 e. The fourth-order valence-corrected chi connectivity index (χ4v) is 5.03. The van der Waals surface area contributed by atoms with E-state index in [1.165, 1.54) is 32.9 Å². The van der Waals surface area contributed by atoms with E-state index in [0.717, 1.165) is 13.0 Å². The molecule has 0 unspecified atom stereocenters. The van der Waals surface area contributed by atoms with Crippen LogP contribution in [0.3, 0.4) is 0 Å². The molecule has 26 heavy (non-hydrogen) atoms. The van der Waals surface area contributed by atoms with E-state index >= 15 is 0 Å². The molecule has 1 amide bonds. The normalized spacial score (nSPS) is 21.3. The molecule has 1 aromatic heterocycles. The van der Waals surface area contributed by atoms with Crippen molar-refractivity contribution in [3.63, 3.8) is 0 Å². The molecule has 0 saturated heterocycles. The molecule has 1 fully saturated rings. The smallest absolute Gasteiger partial charge is 0.216 e. The van der Waals surface area contributed by atoms with E-state index in [2.05, 4.69) is 74.1 Å². The van der Waals surface area contributed by atoms with Crippen LogP contribution in [0.5, 0.6) is 0 Å². The van der Waals surface area contributed by atoms with Crippen LogP contribution in [-0.4, -0.2) is 17.0 Å². The predicted molar refractivity (Wildman–Crippen MR) is 108 cm³/mol. The first-order chi connectivity index (χ1) is 12.3. The van der Waals surface area contributed by atoms with Crippen molar-refractivity contribution in [2.45, 2.75) is 40.0 Å². The molecule has 0 aliphatic heterocycles. The first-order valence-electron chi connectivity index (χ1n) is 9.55. The summed E-state index contributed by atoms with van der Waals surface area (Å²) < 4.78 is 2.37. The monoisotopic (exact) mass is 348 g/mol. The van der Waals surface area contributed by atoms with Crippen LogP contribution >= 0.6 is 0 Å². The van der Waals surface area contributed by atoms with E-state index in [1.807, 2.05) is 0 Å². The van der Waals surface area contributed by atoms with Crippen molar-refractivity contribution in [1.29, 1.82) is 0 Å². The maximum atomic E-state index is 11.2. The van der Waals surface area contributed by atoms with Crippen LogP contribution in [0.15, 0.2) is 36.4 Å². The molecule has 1 aliphatic rings. The van der Waals surface area contributed by atoms with Crippen LogP contribution in [0.2, 0.25) is 0 Å². The molecule has 2 aromatic carbocycles. The van der Waals surface area contributed by atoms with Gasteiger partial charge in [-0.25, -0.2) is 0 Å². The summed E-state index contributed by atoms with van der Waals surface area (Å²) in [6, 6.07) is 13.2. The number of hydrogen-bond donors (Lipinski definition) is 1. The second-order valence-electron chi connectivity index (χ2n) is 8.42.